The molecule has 1 aliphatic heterocycles. The highest BCUT2D eigenvalue weighted by molar-refractivity contribution is 6.22. The molecule has 2 amide bonds. The highest BCUT2D eigenvalue weighted by Crippen LogP contribution is 2.40. The van der Waals surface area contributed by atoms with Gasteiger partial charge in [0.15, 0.2) is 0 Å². The van der Waals surface area contributed by atoms with Crippen LogP contribution in [0, 0.1) is 17.8 Å². The Morgan fingerprint density at radius 2 is 1.83 bits per heavy atom. The molecule has 92 valence electrons. The van der Waals surface area contributed by atoms with Gasteiger partial charge in [-0.15, -0.1) is 0 Å². The van der Waals surface area contributed by atoms with Crippen molar-refractivity contribution in [2.24, 2.45) is 17.8 Å². The number of anilines is 1. The molecule has 1 aromatic carbocycles. The number of hydrogen-bond acceptors (Lipinski definition) is 2. The summed E-state index contributed by atoms with van der Waals surface area (Å²) in [7, 11) is 0. The van der Waals surface area contributed by atoms with E-state index in [0.717, 1.165) is 0 Å². The monoisotopic (exact) mass is 241 g/mol. The molecule has 1 fully saturated rings. The van der Waals surface area contributed by atoms with E-state index in [1.165, 1.54) is 4.90 Å². The highest BCUT2D eigenvalue weighted by atomic mass is 16.2. The van der Waals surface area contributed by atoms with Crippen molar-refractivity contribution in [1.82, 2.24) is 0 Å². The molecule has 1 saturated heterocycles. The fourth-order valence-electron chi connectivity index (χ4n) is 2.98. The minimum absolute atomic E-state index is 0.0481. The molecule has 1 heterocycles. The predicted octanol–water partition coefficient (Wildman–Crippen LogP) is 2.39. The van der Waals surface area contributed by atoms with Gasteiger partial charge in [0.2, 0.25) is 11.8 Å². The van der Waals surface area contributed by atoms with E-state index in [1.54, 1.807) is 0 Å². The zero-order valence-corrected chi connectivity index (χ0v) is 10.2. The van der Waals surface area contributed by atoms with E-state index in [0.29, 0.717) is 12.1 Å². The Morgan fingerprint density at radius 3 is 2.50 bits per heavy atom. The summed E-state index contributed by atoms with van der Waals surface area (Å²) in [4.78, 5) is 26.2. The van der Waals surface area contributed by atoms with Gasteiger partial charge in [-0.25, -0.2) is 0 Å². The zero-order chi connectivity index (χ0) is 12.7. The van der Waals surface area contributed by atoms with Crippen LogP contribution >= 0.6 is 0 Å². The maximum atomic E-state index is 12.4. The molecular formula is C15H15NO2. The van der Waals surface area contributed by atoms with E-state index in [1.807, 2.05) is 49.4 Å². The van der Waals surface area contributed by atoms with Crippen LogP contribution in [-0.2, 0) is 9.59 Å². The number of nitrogens with zero attached hydrogens (tertiary/aromatic N) is 1. The number of carbonyl (C=O) groups is 2. The van der Waals surface area contributed by atoms with Crippen LogP contribution in [0.5, 0.6) is 0 Å². The molecule has 0 bridgehead atoms. The van der Waals surface area contributed by atoms with Crippen LogP contribution in [0.25, 0.3) is 0 Å². The molecule has 0 radical (unpaired) electrons. The summed E-state index contributed by atoms with van der Waals surface area (Å²) in [6.45, 7) is 2.01. The van der Waals surface area contributed by atoms with Crippen LogP contribution in [0.4, 0.5) is 5.69 Å². The van der Waals surface area contributed by atoms with Gasteiger partial charge in [-0.1, -0.05) is 37.3 Å². The molecule has 3 heteroatoms. The molecule has 0 unspecified atom stereocenters. The molecule has 0 N–H and O–H groups in total. The second-order valence-electron chi connectivity index (χ2n) is 5.00. The third-order valence-electron chi connectivity index (χ3n) is 3.89. The quantitative estimate of drug-likeness (QED) is 0.559. The first-order valence-electron chi connectivity index (χ1n) is 6.29. The van der Waals surface area contributed by atoms with E-state index in [9.17, 15) is 9.59 Å². The number of hydrogen-bond donors (Lipinski definition) is 0. The Balaban J connectivity index is 2.00. The van der Waals surface area contributed by atoms with Crippen LogP contribution in [0.1, 0.15) is 13.3 Å². The summed E-state index contributed by atoms with van der Waals surface area (Å²) in [6, 6.07) is 9.20. The minimum Gasteiger partial charge on any atom is -0.274 e. The number of imide groups is 1. The summed E-state index contributed by atoms with van der Waals surface area (Å²) in [5, 5.41) is 0. The number of amides is 2. The van der Waals surface area contributed by atoms with Crippen molar-refractivity contribution in [2.75, 3.05) is 4.90 Å². The van der Waals surface area contributed by atoms with Crippen molar-refractivity contribution in [1.29, 1.82) is 0 Å². The van der Waals surface area contributed by atoms with Gasteiger partial charge in [0.25, 0.3) is 0 Å². The number of fused-ring (bicyclic) bond motifs is 1. The molecule has 2 aliphatic rings. The molecule has 18 heavy (non-hydrogen) atoms. The van der Waals surface area contributed by atoms with Crippen molar-refractivity contribution >= 4 is 17.5 Å². The first-order chi connectivity index (χ1) is 8.70. The average Bonchev–Trinajstić information content (AvgIpc) is 2.64. The molecule has 0 saturated carbocycles. The van der Waals surface area contributed by atoms with Crippen molar-refractivity contribution in [2.45, 2.75) is 13.3 Å². The van der Waals surface area contributed by atoms with Gasteiger partial charge in [-0.2, -0.15) is 0 Å². The second-order valence-corrected chi connectivity index (χ2v) is 5.00. The van der Waals surface area contributed by atoms with Crippen LogP contribution < -0.4 is 4.90 Å². The van der Waals surface area contributed by atoms with Crippen molar-refractivity contribution < 1.29 is 9.59 Å². The third-order valence-corrected chi connectivity index (χ3v) is 3.89. The first kappa shape index (κ1) is 11.2. The number of para-hydroxylation sites is 1. The van der Waals surface area contributed by atoms with Crippen LogP contribution in [0.3, 0.4) is 0 Å². The molecule has 3 rings (SSSR count). The van der Waals surface area contributed by atoms with Crippen LogP contribution in [0.15, 0.2) is 42.5 Å². The summed E-state index contributed by atoms with van der Waals surface area (Å²) >= 11 is 0. The second kappa shape index (κ2) is 4.09. The van der Waals surface area contributed by atoms with Gasteiger partial charge in [0.1, 0.15) is 0 Å². The molecule has 0 spiro atoms. The smallest absolute Gasteiger partial charge is 0.238 e. The van der Waals surface area contributed by atoms with Crippen LogP contribution in [0.2, 0.25) is 0 Å². The Bertz CT molecular complexity index is 521. The summed E-state index contributed by atoms with van der Waals surface area (Å²) in [5.41, 5.74) is 0.689. The van der Waals surface area contributed by atoms with Gasteiger partial charge in [-0.05, 0) is 24.5 Å². The van der Waals surface area contributed by atoms with Gasteiger partial charge in [0.05, 0.1) is 17.5 Å². The van der Waals surface area contributed by atoms with E-state index in [-0.39, 0.29) is 29.6 Å². The maximum Gasteiger partial charge on any atom is 0.238 e. The molecule has 0 aromatic heterocycles. The Hall–Kier alpha value is -1.90. The first-order valence-corrected chi connectivity index (χ1v) is 6.29. The molecule has 1 aliphatic carbocycles. The van der Waals surface area contributed by atoms with Gasteiger partial charge in [-0.3, -0.25) is 14.5 Å². The molecular weight excluding hydrogens is 226 g/mol. The van der Waals surface area contributed by atoms with E-state index in [4.69, 9.17) is 0 Å². The van der Waals surface area contributed by atoms with Gasteiger partial charge in [0, 0.05) is 0 Å². The van der Waals surface area contributed by atoms with E-state index < -0.39 is 0 Å². The lowest BCUT2D eigenvalue weighted by atomic mass is 9.78. The summed E-state index contributed by atoms with van der Waals surface area (Å²) < 4.78 is 0. The molecule has 3 atom stereocenters. The van der Waals surface area contributed by atoms with E-state index >= 15 is 0 Å². The predicted molar refractivity (Wildman–Crippen MR) is 68.8 cm³/mol. The summed E-state index contributed by atoms with van der Waals surface area (Å²) in [5.74, 6) is -0.297. The van der Waals surface area contributed by atoms with Gasteiger partial charge >= 0.3 is 0 Å². The lowest BCUT2D eigenvalue weighted by molar-refractivity contribution is -0.122. The zero-order valence-electron chi connectivity index (χ0n) is 10.2. The van der Waals surface area contributed by atoms with E-state index in [2.05, 4.69) is 0 Å². The lowest BCUT2D eigenvalue weighted by Gasteiger charge is -2.22. The average molecular weight is 241 g/mol. The van der Waals surface area contributed by atoms with Crippen molar-refractivity contribution in [3.63, 3.8) is 0 Å². The Morgan fingerprint density at radius 1 is 1.11 bits per heavy atom. The lowest BCUT2D eigenvalue weighted by Crippen LogP contribution is -2.31. The SMILES string of the molecule is C[C@@H]1C=CC[C@@H]2C(=O)N(c3ccccc3)C(=O)[C@H]12. The number of allylic oxidation sites excluding steroid dienone is 2. The van der Waals surface area contributed by atoms with Crippen molar-refractivity contribution in [3.05, 3.63) is 42.5 Å². The topological polar surface area (TPSA) is 37.4 Å². The third kappa shape index (κ3) is 1.50. The number of benzene rings is 1. The molecule has 1 aromatic rings. The fraction of sp³-hybridized carbons (Fsp3) is 0.333. The molecule has 3 nitrogen and oxygen atoms in total. The van der Waals surface area contributed by atoms with Crippen LogP contribution in [-0.4, -0.2) is 11.8 Å². The summed E-state index contributed by atoms with van der Waals surface area (Å²) in [6.07, 6.45) is 4.75. The minimum atomic E-state index is -0.178. The largest absolute Gasteiger partial charge is 0.274 e. The Labute approximate surface area is 106 Å². The van der Waals surface area contributed by atoms with Gasteiger partial charge < -0.3 is 0 Å². The maximum absolute atomic E-state index is 12.4. The number of carbonyl (C=O) groups excluding carboxylic acids is 2. The Kier molecular flexibility index (Phi) is 2.54. The fourth-order valence-corrected chi connectivity index (χ4v) is 2.98. The van der Waals surface area contributed by atoms with Crippen molar-refractivity contribution in [3.8, 4) is 0 Å². The highest BCUT2D eigenvalue weighted by Gasteiger charge is 2.50. The number of rotatable bonds is 1. The normalized spacial score (nSPS) is 30.7. The standard InChI is InChI=1S/C15H15NO2/c1-10-6-5-9-12-13(10)15(18)16(14(12)17)11-7-3-2-4-8-11/h2-8,10,12-13H,9H2,1H3/t10-,12+,13-/m1/s1.